The molecule has 0 spiro atoms. The van der Waals surface area contributed by atoms with Gasteiger partial charge in [-0.05, 0) is 58.7 Å². The van der Waals surface area contributed by atoms with E-state index < -0.39 is 0 Å². The number of H-pyrrole nitrogens is 1. The van der Waals surface area contributed by atoms with Crippen LogP contribution in [0.4, 0.5) is 23.0 Å². The maximum absolute atomic E-state index is 9.87. The number of nitrogens with zero attached hydrogens (tertiary/aromatic N) is 7. The highest BCUT2D eigenvalue weighted by atomic mass is 35.5. The second kappa shape index (κ2) is 24.8. The molecule has 0 fully saturated rings. The number of thioether (sulfide) groups is 1. The fraction of sp³-hybridized carbons (Fsp3) is 0.182. The maximum atomic E-state index is 9.87. The number of aromatic amines is 1. The number of nitrogens with two attached hydrogens (primary N) is 2. The second-order valence-corrected chi connectivity index (χ2v) is 13.8. The van der Waals surface area contributed by atoms with Crippen molar-refractivity contribution >= 4 is 58.6 Å². The van der Waals surface area contributed by atoms with Crippen LogP contribution in [-0.2, 0) is 21.1 Å². The summed E-state index contributed by atoms with van der Waals surface area (Å²) >= 11 is 12.0. The lowest BCUT2D eigenvalue weighted by Gasteiger charge is -2.14. The van der Waals surface area contributed by atoms with E-state index in [0.717, 1.165) is 11.1 Å². The molecule has 2 aromatic carbocycles. The molecule has 0 aliphatic heterocycles. The van der Waals surface area contributed by atoms with Gasteiger partial charge >= 0.3 is 0 Å². The average molecular weight is 871 g/mol. The van der Waals surface area contributed by atoms with Crippen molar-refractivity contribution in [2.75, 3.05) is 52.1 Å². The van der Waals surface area contributed by atoms with Gasteiger partial charge in [0.15, 0.2) is 0 Å². The summed E-state index contributed by atoms with van der Waals surface area (Å²) in [5, 5.41) is 19.7. The number of hydrogen-bond donors (Lipinski definition) is 3. The van der Waals surface area contributed by atoms with E-state index in [1.165, 1.54) is 11.8 Å². The highest BCUT2D eigenvalue weighted by Crippen LogP contribution is 2.42. The first-order chi connectivity index (χ1) is 29.7. The molecule has 0 aliphatic rings. The molecule has 14 nitrogen and oxygen atoms in total. The SMILES string of the molecule is ClCc1cccnc1.[C-]#[N+]c1c(N)[nH]c(=S)c(C#N)c1-c1ccc(OCCOC)cc1.[C-]#[N+]c1c(N)nc(SCc2cccnc2)c(C#N)c1-c1ccc(OCCOC)cc1. The van der Waals surface area contributed by atoms with Crippen LogP contribution in [0.15, 0.2) is 103 Å². The quantitative estimate of drug-likeness (QED) is 0.0307. The van der Waals surface area contributed by atoms with Crippen LogP contribution in [0.5, 0.6) is 11.5 Å². The van der Waals surface area contributed by atoms with Crippen molar-refractivity contribution in [2.45, 2.75) is 16.7 Å². The minimum Gasteiger partial charge on any atom is -0.491 e. The number of hydrogen-bond acceptors (Lipinski definition) is 13. The van der Waals surface area contributed by atoms with Gasteiger partial charge in [0.2, 0.25) is 11.4 Å². The summed E-state index contributed by atoms with van der Waals surface area (Å²) < 4.78 is 21.2. The van der Waals surface area contributed by atoms with Gasteiger partial charge < -0.3 is 35.4 Å². The van der Waals surface area contributed by atoms with E-state index >= 15 is 0 Å². The van der Waals surface area contributed by atoms with Crippen LogP contribution in [0, 0.1) is 40.4 Å². The van der Waals surface area contributed by atoms with Crippen LogP contribution in [0.25, 0.3) is 31.9 Å². The molecule has 6 rings (SSSR count). The predicted molar refractivity (Wildman–Crippen MR) is 240 cm³/mol. The Labute approximate surface area is 368 Å². The minimum absolute atomic E-state index is 0.105. The lowest BCUT2D eigenvalue weighted by Crippen LogP contribution is -2.04. The molecule has 0 unspecified atom stereocenters. The number of halogens is 1. The van der Waals surface area contributed by atoms with Crippen LogP contribution in [0.3, 0.4) is 0 Å². The van der Waals surface area contributed by atoms with E-state index in [1.54, 1.807) is 75.4 Å². The Morgan fingerprint density at radius 3 is 1.69 bits per heavy atom. The van der Waals surface area contributed by atoms with Crippen molar-refractivity contribution in [3.8, 4) is 45.9 Å². The van der Waals surface area contributed by atoms with E-state index in [0.29, 0.717) is 82.4 Å². The molecular formula is C44H39ClN10O4S2. The summed E-state index contributed by atoms with van der Waals surface area (Å²) in [7, 11) is 3.21. The van der Waals surface area contributed by atoms with Gasteiger partial charge in [0, 0.05) is 61.8 Å². The second-order valence-electron chi connectivity index (χ2n) is 12.2. The van der Waals surface area contributed by atoms with Gasteiger partial charge in [0.05, 0.1) is 37.5 Å². The first kappa shape index (κ1) is 46.7. The van der Waals surface area contributed by atoms with Crippen molar-refractivity contribution in [3.63, 3.8) is 0 Å². The highest BCUT2D eigenvalue weighted by molar-refractivity contribution is 7.98. The molecule has 0 bridgehead atoms. The van der Waals surface area contributed by atoms with Crippen LogP contribution in [0.1, 0.15) is 22.3 Å². The predicted octanol–water partition coefficient (Wildman–Crippen LogP) is 9.73. The first-order valence-corrected chi connectivity index (χ1v) is 20.0. The lowest BCUT2D eigenvalue weighted by atomic mass is 10.00. The zero-order valence-electron chi connectivity index (χ0n) is 33.1. The molecule has 0 radical (unpaired) electrons. The minimum atomic E-state index is 0.105. The fourth-order valence-electron chi connectivity index (χ4n) is 5.32. The molecule has 0 atom stereocenters. The van der Waals surface area contributed by atoms with Gasteiger partial charge in [0.1, 0.15) is 58.2 Å². The Hall–Kier alpha value is -7.02. The van der Waals surface area contributed by atoms with Gasteiger partial charge in [0.25, 0.3) is 0 Å². The molecule has 17 heteroatoms. The Morgan fingerprint density at radius 2 is 1.26 bits per heavy atom. The molecule has 0 aliphatic carbocycles. The zero-order chi connectivity index (χ0) is 44.0. The van der Waals surface area contributed by atoms with Gasteiger partial charge in [-0.1, -0.05) is 48.6 Å². The van der Waals surface area contributed by atoms with E-state index in [-0.39, 0.29) is 33.2 Å². The third kappa shape index (κ3) is 13.2. The number of aromatic nitrogens is 4. The third-order valence-corrected chi connectivity index (χ3v) is 9.86. The van der Waals surface area contributed by atoms with Crippen LogP contribution >= 0.6 is 35.6 Å². The average Bonchev–Trinajstić information content (AvgIpc) is 3.29. The maximum Gasteiger partial charge on any atom is 0.236 e. The highest BCUT2D eigenvalue weighted by Gasteiger charge is 2.21. The standard InChI is InChI=1S/C22H19N5O2S.C16H14N4O2S.C6H6ClN/c1-25-20-19(16-5-7-17(8-6-16)29-11-10-28-2)18(12-23)22(27-21(20)24)30-14-15-4-3-9-26-13-15;1-19-14-13(12(9-17)16(23)20-15(14)18)10-3-5-11(6-4-10)22-8-7-21-2;7-4-6-2-1-3-8-5-6/h3-9,13H,10-11,14H2,2H3,(H2,24,27);3-6H,7-8H2,2H3,(H3,18,20,23);1-3,5H,4H2. The molecule has 0 amide bonds. The number of anilines is 2. The largest absolute Gasteiger partial charge is 0.491 e. The summed E-state index contributed by atoms with van der Waals surface area (Å²) in [4.78, 5) is 22.0. The summed E-state index contributed by atoms with van der Waals surface area (Å²) in [5.41, 5.74) is 17.2. The smallest absolute Gasteiger partial charge is 0.236 e. The van der Waals surface area contributed by atoms with Crippen LogP contribution < -0.4 is 20.9 Å². The van der Waals surface area contributed by atoms with Gasteiger partial charge in [-0.25, -0.2) is 14.7 Å². The summed E-state index contributed by atoms with van der Waals surface area (Å²) in [6, 6.07) is 26.1. The van der Waals surface area contributed by atoms with Crippen molar-refractivity contribution in [1.29, 1.82) is 10.5 Å². The number of ether oxygens (including phenoxy) is 4. The Kier molecular flexibility index (Phi) is 19.0. The van der Waals surface area contributed by atoms with Gasteiger partial charge in [-0.2, -0.15) is 10.5 Å². The number of pyridine rings is 4. The molecule has 6 aromatic rings. The topological polar surface area (TPSA) is 200 Å². The van der Waals surface area contributed by atoms with E-state index in [4.69, 9.17) is 67.4 Å². The van der Waals surface area contributed by atoms with E-state index in [2.05, 4.69) is 35.7 Å². The summed E-state index contributed by atoms with van der Waals surface area (Å²) in [5.74, 6) is 2.73. The molecule has 5 N–H and O–H groups in total. The van der Waals surface area contributed by atoms with Crippen LogP contribution in [-0.4, -0.2) is 60.6 Å². The third-order valence-electron chi connectivity index (χ3n) is 8.20. The van der Waals surface area contributed by atoms with Crippen molar-refractivity contribution < 1.29 is 18.9 Å². The number of nitrogens with one attached hydrogen (secondary N) is 1. The molecule has 0 saturated heterocycles. The number of methoxy groups -OCH3 is 2. The Bertz CT molecular complexity index is 2590. The molecule has 4 aromatic heterocycles. The van der Waals surface area contributed by atoms with Gasteiger partial charge in [-0.3, -0.25) is 9.97 Å². The molecule has 0 saturated carbocycles. The summed E-state index contributed by atoms with van der Waals surface area (Å²) in [6.45, 7) is 16.7. The van der Waals surface area contributed by atoms with Crippen molar-refractivity contribution in [1.82, 2.24) is 19.9 Å². The lowest BCUT2D eigenvalue weighted by molar-refractivity contribution is 0.146. The summed E-state index contributed by atoms with van der Waals surface area (Å²) in [6.07, 6.45) is 6.96. The normalized spacial score (nSPS) is 9.95. The van der Waals surface area contributed by atoms with E-state index in [1.807, 2.05) is 42.5 Å². The van der Waals surface area contributed by atoms with Crippen molar-refractivity contribution in [2.24, 2.45) is 0 Å². The van der Waals surface area contributed by atoms with E-state index in [9.17, 15) is 10.5 Å². The molecule has 61 heavy (non-hydrogen) atoms. The van der Waals surface area contributed by atoms with Crippen molar-refractivity contribution in [3.05, 3.63) is 147 Å². The Morgan fingerprint density at radius 1 is 0.754 bits per heavy atom. The fourth-order valence-corrected chi connectivity index (χ4v) is 6.67. The van der Waals surface area contributed by atoms with Crippen LogP contribution in [0.2, 0.25) is 0 Å². The zero-order valence-corrected chi connectivity index (χ0v) is 35.5. The number of nitrogen functional groups attached to an aromatic ring is 2. The number of benzene rings is 2. The van der Waals surface area contributed by atoms with Gasteiger partial charge in [-0.15, -0.1) is 23.4 Å². The molecular weight excluding hydrogens is 832 g/mol. The Balaban J connectivity index is 0.000000232. The molecule has 308 valence electrons. The number of alkyl halides is 1. The number of rotatable bonds is 14. The molecule has 4 heterocycles. The number of nitriles is 2. The first-order valence-electron chi connectivity index (χ1n) is 18.1. The monoisotopic (exact) mass is 870 g/mol.